The number of sulfone groups is 1. The van der Waals surface area contributed by atoms with E-state index in [0.29, 0.717) is 6.42 Å². The molecule has 0 amide bonds. The molecule has 2 nitrogen and oxygen atoms in total. The highest BCUT2D eigenvalue weighted by Gasteiger charge is 2.09. The normalized spacial score (nSPS) is 10.7. The molecule has 0 aliphatic heterocycles. The molecular weight excluding hydrogens is 300 g/mol. The predicted octanol–water partition coefficient (Wildman–Crippen LogP) is 3.29. The molecular formula is C13H15BrO2S. The highest BCUT2D eigenvalue weighted by atomic mass is 79.9. The second kappa shape index (κ2) is 6.83. The van der Waals surface area contributed by atoms with Gasteiger partial charge in [0.25, 0.3) is 0 Å². The van der Waals surface area contributed by atoms with Gasteiger partial charge in [0.05, 0.1) is 4.90 Å². The summed E-state index contributed by atoms with van der Waals surface area (Å²) < 4.78 is 23.6. The Morgan fingerprint density at radius 2 is 1.82 bits per heavy atom. The minimum atomic E-state index is -3.44. The lowest BCUT2D eigenvalue weighted by Crippen LogP contribution is -1.96. The van der Waals surface area contributed by atoms with Gasteiger partial charge in [-0.15, -0.1) is 0 Å². The van der Waals surface area contributed by atoms with Crippen molar-refractivity contribution in [3.05, 3.63) is 29.8 Å². The number of benzene rings is 1. The summed E-state index contributed by atoms with van der Waals surface area (Å²) in [6.45, 7) is 1.92. The molecule has 0 spiro atoms. The third-order valence-electron chi connectivity index (χ3n) is 2.22. The first-order valence-electron chi connectivity index (χ1n) is 5.43. The van der Waals surface area contributed by atoms with E-state index in [0.717, 1.165) is 23.7 Å². The Bertz CT molecular complexity index is 507. The SMILES string of the molecule is Cc1ccc(S(=O)(=O)C#CCCCCBr)cc1. The first kappa shape index (κ1) is 14.3. The van der Waals surface area contributed by atoms with Crippen molar-refractivity contribution < 1.29 is 8.42 Å². The molecule has 0 aliphatic rings. The number of alkyl halides is 1. The summed E-state index contributed by atoms with van der Waals surface area (Å²) in [6, 6.07) is 6.74. The van der Waals surface area contributed by atoms with E-state index in [4.69, 9.17) is 0 Å². The van der Waals surface area contributed by atoms with Gasteiger partial charge in [-0.1, -0.05) is 39.5 Å². The van der Waals surface area contributed by atoms with Crippen molar-refractivity contribution in [2.75, 3.05) is 5.33 Å². The van der Waals surface area contributed by atoms with Gasteiger partial charge in [-0.3, -0.25) is 0 Å². The van der Waals surface area contributed by atoms with Crippen molar-refractivity contribution in [1.29, 1.82) is 0 Å². The predicted molar refractivity (Wildman–Crippen MR) is 73.8 cm³/mol. The number of halogens is 1. The van der Waals surface area contributed by atoms with Crippen LogP contribution in [0.25, 0.3) is 0 Å². The monoisotopic (exact) mass is 314 g/mol. The Labute approximate surface area is 111 Å². The van der Waals surface area contributed by atoms with Crippen LogP contribution in [0, 0.1) is 18.1 Å². The molecule has 0 saturated carbocycles. The van der Waals surface area contributed by atoms with Crippen LogP contribution in [-0.2, 0) is 9.84 Å². The Morgan fingerprint density at radius 3 is 2.41 bits per heavy atom. The third-order valence-corrected chi connectivity index (χ3v) is 4.09. The van der Waals surface area contributed by atoms with Gasteiger partial charge in [0.2, 0.25) is 9.84 Å². The van der Waals surface area contributed by atoms with E-state index in [2.05, 4.69) is 27.1 Å². The lowest BCUT2D eigenvalue weighted by molar-refractivity contribution is 0.606. The molecule has 0 heterocycles. The van der Waals surface area contributed by atoms with Crippen molar-refractivity contribution in [3.63, 3.8) is 0 Å². The molecule has 0 unspecified atom stereocenters. The summed E-state index contributed by atoms with van der Waals surface area (Å²) in [5.74, 6) is 2.71. The topological polar surface area (TPSA) is 34.1 Å². The highest BCUT2D eigenvalue weighted by Crippen LogP contribution is 2.11. The van der Waals surface area contributed by atoms with Crippen molar-refractivity contribution in [2.45, 2.75) is 31.1 Å². The lowest BCUT2D eigenvalue weighted by atomic mass is 10.2. The van der Waals surface area contributed by atoms with Gasteiger partial charge in [-0.25, -0.2) is 8.42 Å². The fourth-order valence-corrected chi connectivity index (χ4v) is 2.53. The van der Waals surface area contributed by atoms with Gasteiger partial charge in [0.15, 0.2) is 0 Å². The van der Waals surface area contributed by atoms with Crippen LogP contribution < -0.4 is 0 Å². The van der Waals surface area contributed by atoms with Crippen LogP contribution in [0.4, 0.5) is 0 Å². The van der Waals surface area contributed by atoms with Crippen LogP contribution in [0.2, 0.25) is 0 Å². The van der Waals surface area contributed by atoms with Crippen LogP contribution in [0.3, 0.4) is 0 Å². The molecule has 0 radical (unpaired) electrons. The summed E-state index contributed by atoms with van der Waals surface area (Å²) in [5.41, 5.74) is 1.04. The Morgan fingerprint density at radius 1 is 1.18 bits per heavy atom. The molecule has 1 rings (SSSR count). The van der Waals surface area contributed by atoms with Crippen LogP contribution in [0.15, 0.2) is 29.2 Å². The van der Waals surface area contributed by atoms with E-state index in [1.165, 1.54) is 0 Å². The number of unbranched alkanes of at least 4 members (excludes halogenated alkanes) is 2. The summed E-state index contributed by atoms with van der Waals surface area (Å²) in [7, 11) is -3.44. The number of rotatable bonds is 4. The van der Waals surface area contributed by atoms with Gasteiger partial charge in [-0.05, 0) is 31.9 Å². The maximum Gasteiger partial charge on any atom is 0.245 e. The first-order chi connectivity index (χ1) is 8.06. The van der Waals surface area contributed by atoms with Crippen molar-refractivity contribution in [2.24, 2.45) is 0 Å². The fraction of sp³-hybridized carbons (Fsp3) is 0.385. The van der Waals surface area contributed by atoms with Gasteiger partial charge in [0.1, 0.15) is 0 Å². The first-order valence-corrected chi connectivity index (χ1v) is 8.04. The lowest BCUT2D eigenvalue weighted by Gasteiger charge is -1.97. The maximum atomic E-state index is 11.8. The molecule has 0 N–H and O–H groups in total. The standard InChI is InChI=1S/C13H15BrO2S/c1-12-6-8-13(9-7-12)17(15,16)11-5-3-2-4-10-14/h6-9H,2-4,10H2,1H3. The smallest absolute Gasteiger partial charge is 0.210 e. The third kappa shape index (κ3) is 4.93. The Balaban J connectivity index is 2.72. The van der Waals surface area contributed by atoms with E-state index in [1.54, 1.807) is 24.3 Å². The zero-order valence-electron chi connectivity index (χ0n) is 9.74. The number of aryl methyl sites for hydroxylation is 1. The van der Waals surface area contributed by atoms with Gasteiger partial charge in [-0.2, -0.15) is 0 Å². The molecule has 1 aromatic carbocycles. The summed E-state index contributed by atoms with van der Waals surface area (Å²) in [5, 5.41) is 3.29. The second-order valence-corrected chi connectivity index (χ2v) is 6.22. The van der Waals surface area contributed by atoms with Crippen LogP contribution in [-0.4, -0.2) is 13.7 Å². The zero-order valence-corrected chi connectivity index (χ0v) is 12.1. The molecule has 0 aromatic heterocycles. The van der Waals surface area contributed by atoms with E-state index in [-0.39, 0.29) is 4.90 Å². The van der Waals surface area contributed by atoms with Gasteiger partial charge in [0, 0.05) is 17.0 Å². The highest BCUT2D eigenvalue weighted by molar-refractivity contribution is 9.09. The van der Waals surface area contributed by atoms with Crippen molar-refractivity contribution in [3.8, 4) is 11.2 Å². The molecule has 0 bridgehead atoms. The molecule has 0 fully saturated rings. The van der Waals surface area contributed by atoms with Crippen molar-refractivity contribution >= 4 is 25.8 Å². The summed E-state index contributed by atoms with van der Waals surface area (Å²) in [4.78, 5) is 0.274. The van der Waals surface area contributed by atoms with Crippen LogP contribution >= 0.6 is 15.9 Å². The van der Waals surface area contributed by atoms with Crippen molar-refractivity contribution in [1.82, 2.24) is 0 Å². The largest absolute Gasteiger partial charge is 0.245 e. The van der Waals surface area contributed by atoms with Crippen LogP contribution in [0.5, 0.6) is 0 Å². The average Bonchev–Trinajstić information content (AvgIpc) is 2.29. The van der Waals surface area contributed by atoms with Gasteiger partial charge >= 0.3 is 0 Å². The zero-order chi connectivity index (χ0) is 12.7. The summed E-state index contributed by atoms with van der Waals surface area (Å²) in [6.07, 6.45) is 2.55. The average molecular weight is 315 g/mol. The van der Waals surface area contributed by atoms with Crippen LogP contribution in [0.1, 0.15) is 24.8 Å². The molecule has 4 heteroatoms. The molecule has 92 valence electrons. The minimum Gasteiger partial charge on any atom is -0.210 e. The molecule has 17 heavy (non-hydrogen) atoms. The Hall–Kier alpha value is -0.790. The number of hydrogen-bond donors (Lipinski definition) is 0. The van der Waals surface area contributed by atoms with E-state index in [9.17, 15) is 8.42 Å². The quantitative estimate of drug-likeness (QED) is 0.370. The van der Waals surface area contributed by atoms with E-state index in [1.807, 2.05) is 6.92 Å². The summed E-state index contributed by atoms with van der Waals surface area (Å²) >= 11 is 3.32. The molecule has 0 atom stereocenters. The molecule has 0 saturated heterocycles. The maximum absolute atomic E-state index is 11.8. The van der Waals surface area contributed by atoms with E-state index >= 15 is 0 Å². The minimum absolute atomic E-state index is 0.274. The molecule has 0 aliphatic carbocycles. The van der Waals surface area contributed by atoms with E-state index < -0.39 is 9.84 Å². The molecule has 1 aromatic rings. The number of hydrogen-bond acceptors (Lipinski definition) is 2. The fourth-order valence-electron chi connectivity index (χ4n) is 1.23. The second-order valence-electron chi connectivity index (χ2n) is 3.74. The van der Waals surface area contributed by atoms with Gasteiger partial charge < -0.3 is 0 Å². The Kier molecular flexibility index (Phi) is 5.73.